The SMILES string of the molecule is CNCC=Cc1cccc(N)n1. The van der Waals surface area contributed by atoms with Crippen molar-refractivity contribution in [1.29, 1.82) is 0 Å². The van der Waals surface area contributed by atoms with Gasteiger partial charge in [0.1, 0.15) is 5.82 Å². The van der Waals surface area contributed by atoms with Crippen LogP contribution in [0.5, 0.6) is 0 Å². The number of hydrogen-bond donors (Lipinski definition) is 2. The molecular weight excluding hydrogens is 150 g/mol. The molecule has 0 fully saturated rings. The minimum absolute atomic E-state index is 0.557. The maximum absolute atomic E-state index is 5.50. The molecular formula is C9H13N3. The van der Waals surface area contributed by atoms with E-state index in [4.69, 9.17) is 5.73 Å². The summed E-state index contributed by atoms with van der Waals surface area (Å²) >= 11 is 0. The molecule has 0 amide bonds. The lowest BCUT2D eigenvalue weighted by Crippen LogP contribution is -2.03. The minimum atomic E-state index is 0.557. The number of anilines is 1. The van der Waals surface area contributed by atoms with Crippen LogP contribution in [0.2, 0.25) is 0 Å². The summed E-state index contributed by atoms with van der Waals surface area (Å²) in [6, 6.07) is 5.58. The average Bonchev–Trinajstić information content (AvgIpc) is 2.05. The number of nitrogens with two attached hydrogens (primary N) is 1. The second kappa shape index (κ2) is 4.51. The van der Waals surface area contributed by atoms with Gasteiger partial charge in [0, 0.05) is 6.54 Å². The van der Waals surface area contributed by atoms with E-state index in [1.165, 1.54) is 0 Å². The third-order valence-electron chi connectivity index (χ3n) is 1.40. The minimum Gasteiger partial charge on any atom is -0.384 e. The number of nitrogen functional groups attached to an aromatic ring is 1. The summed E-state index contributed by atoms with van der Waals surface area (Å²) in [5, 5.41) is 3.01. The summed E-state index contributed by atoms with van der Waals surface area (Å²) in [4.78, 5) is 4.11. The van der Waals surface area contributed by atoms with Crippen molar-refractivity contribution < 1.29 is 0 Å². The number of nitrogens with zero attached hydrogens (tertiary/aromatic N) is 1. The normalized spacial score (nSPS) is 10.8. The molecule has 0 atom stereocenters. The van der Waals surface area contributed by atoms with Crippen molar-refractivity contribution in [3.8, 4) is 0 Å². The summed E-state index contributed by atoms with van der Waals surface area (Å²) in [6.45, 7) is 0.844. The van der Waals surface area contributed by atoms with Gasteiger partial charge < -0.3 is 11.1 Å². The van der Waals surface area contributed by atoms with E-state index in [-0.39, 0.29) is 0 Å². The van der Waals surface area contributed by atoms with Gasteiger partial charge in [0.15, 0.2) is 0 Å². The maximum atomic E-state index is 5.50. The van der Waals surface area contributed by atoms with Crippen LogP contribution in [-0.4, -0.2) is 18.6 Å². The van der Waals surface area contributed by atoms with E-state index in [1.807, 2.05) is 31.3 Å². The highest BCUT2D eigenvalue weighted by molar-refractivity contribution is 5.47. The molecule has 0 aliphatic heterocycles. The second-order valence-corrected chi connectivity index (χ2v) is 2.45. The molecule has 1 heterocycles. The van der Waals surface area contributed by atoms with E-state index in [0.717, 1.165) is 12.2 Å². The van der Waals surface area contributed by atoms with Crippen LogP contribution in [0.15, 0.2) is 24.3 Å². The van der Waals surface area contributed by atoms with E-state index in [0.29, 0.717) is 5.82 Å². The standard InChI is InChI=1S/C9H13N3/c1-11-7-3-5-8-4-2-6-9(10)12-8/h2-6,11H,7H2,1H3,(H2,10,12). The molecule has 0 aliphatic rings. The Labute approximate surface area is 72.3 Å². The topological polar surface area (TPSA) is 50.9 Å². The fourth-order valence-electron chi connectivity index (χ4n) is 0.859. The Kier molecular flexibility index (Phi) is 3.29. The Morgan fingerprint density at radius 2 is 2.42 bits per heavy atom. The van der Waals surface area contributed by atoms with Crippen molar-refractivity contribution in [2.75, 3.05) is 19.3 Å². The van der Waals surface area contributed by atoms with Crippen molar-refractivity contribution in [3.63, 3.8) is 0 Å². The van der Waals surface area contributed by atoms with Gasteiger partial charge in [0.2, 0.25) is 0 Å². The molecule has 0 saturated carbocycles. The van der Waals surface area contributed by atoms with Gasteiger partial charge in [-0.2, -0.15) is 0 Å². The van der Waals surface area contributed by atoms with Crippen molar-refractivity contribution in [2.24, 2.45) is 0 Å². The Bertz CT molecular complexity index is 268. The lowest BCUT2D eigenvalue weighted by atomic mass is 10.3. The molecule has 0 unspecified atom stereocenters. The Morgan fingerprint density at radius 1 is 1.58 bits per heavy atom. The van der Waals surface area contributed by atoms with Crippen LogP contribution in [0, 0.1) is 0 Å². The van der Waals surface area contributed by atoms with Crippen molar-refractivity contribution in [1.82, 2.24) is 10.3 Å². The number of pyridine rings is 1. The van der Waals surface area contributed by atoms with Crippen LogP contribution in [0.25, 0.3) is 6.08 Å². The van der Waals surface area contributed by atoms with Gasteiger partial charge in [-0.25, -0.2) is 4.98 Å². The van der Waals surface area contributed by atoms with Gasteiger partial charge in [-0.05, 0) is 25.3 Å². The zero-order valence-corrected chi connectivity index (χ0v) is 7.12. The number of aromatic nitrogens is 1. The Morgan fingerprint density at radius 3 is 3.08 bits per heavy atom. The fraction of sp³-hybridized carbons (Fsp3) is 0.222. The molecule has 1 aromatic rings. The van der Waals surface area contributed by atoms with Gasteiger partial charge in [-0.3, -0.25) is 0 Å². The smallest absolute Gasteiger partial charge is 0.124 e. The zero-order valence-electron chi connectivity index (χ0n) is 7.12. The quantitative estimate of drug-likeness (QED) is 0.696. The molecule has 0 aliphatic carbocycles. The molecule has 1 aromatic heterocycles. The highest BCUT2D eigenvalue weighted by Gasteiger charge is 1.87. The first kappa shape index (κ1) is 8.74. The first-order chi connectivity index (χ1) is 5.83. The van der Waals surface area contributed by atoms with E-state index < -0.39 is 0 Å². The molecule has 0 radical (unpaired) electrons. The molecule has 0 spiro atoms. The second-order valence-electron chi connectivity index (χ2n) is 2.45. The highest BCUT2D eigenvalue weighted by Crippen LogP contribution is 2.01. The molecule has 3 heteroatoms. The van der Waals surface area contributed by atoms with E-state index >= 15 is 0 Å². The van der Waals surface area contributed by atoms with Crippen LogP contribution in [0.3, 0.4) is 0 Å². The zero-order chi connectivity index (χ0) is 8.81. The van der Waals surface area contributed by atoms with Crippen LogP contribution in [0.1, 0.15) is 5.69 Å². The van der Waals surface area contributed by atoms with Gasteiger partial charge in [0.05, 0.1) is 5.69 Å². The molecule has 64 valence electrons. The van der Waals surface area contributed by atoms with E-state index in [2.05, 4.69) is 10.3 Å². The predicted octanol–water partition coefficient (Wildman–Crippen LogP) is 0.896. The summed E-state index contributed by atoms with van der Waals surface area (Å²) in [5.41, 5.74) is 6.40. The molecule has 0 aromatic carbocycles. The van der Waals surface area contributed by atoms with Crippen molar-refractivity contribution in [3.05, 3.63) is 30.0 Å². The average molecular weight is 163 g/mol. The highest BCUT2D eigenvalue weighted by atomic mass is 14.8. The molecule has 3 nitrogen and oxygen atoms in total. The van der Waals surface area contributed by atoms with Crippen LogP contribution in [-0.2, 0) is 0 Å². The summed E-state index contributed by atoms with van der Waals surface area (Å²) in [7, 11) is 1.90. The van der Waals surface area contributed by atoms with E-state index in [1.54, 1.807) is 6.07 Å². The van der Waals surface area contributed by atoms with Crippen molar-refractivity contribution >= 4 is 11.9 Å². The lowest BCUT2D eigenvalue weighted by Gasteiger charge is -1.94. The number of hydrogen-bond acceptors (Lipinski definition) is 3. The van der Waals surface area contributed by atoms with Crippen molar-refractivity contribution in [2.45, 2.75) is 0 Å². The maximum Gasteiger partial charge on any atom is 0.124 e. The number of nitrogens with one attached hydrogen (secondary N) is 1. The molecule has 3 N–H and O–H groups in total. The largest absolute Gasteiger partial charge is 0.384 e. The first-order valence-corrected chi connectivity index (χ1v) is 3.86. The number of likely N-dealkylation sites (N-methyl/N-ethyl adjacent to an activating group) is 1. The van der Waals surface area contributed by atoms with E-state index in [9.17, 15) is 0 Å². The molecule has 0 saturated heterocycles. The predicted molar refractivity (Wildman–Crippen MR) is 51.6 cm³/mol. The summed E-state index contributed by atoms with van der Waals surface area (Å²) in [6.07, 6.45) is 3.94. The van der Waals surface area contributed by atoms with Crippen LogP contribution < -0.4 is 11.1 Å². The lowest BCUT2D eigenvalue weighted by molar-refractivity contribution is 0.922. The Balaban J connectivity index is 2.63. The Hall–Kier alpha value is -1.35. The molecule has 12 heavy (non-hydrogen) atoms. The molecule has 0 bridgehead atoms. The van der Waals surface area contributed by atoms with Crippen LogP contribution >= 0.6 is 0 Å². The van der Waals surface area contributed by atoms with Gasteiger partial charge in [0.25, 0.3) is 0 Å². The van der Waals surface area contributed by atoms with Gasteiger partial charge in [-0.15, -0.1) is 0 Å². The molecule has 1 rings (SSSR count). The summed E-state index contributed by atoms with van der Waals surface area (Å²) in [5.74, 6) is 0.557. The first-order valence-electron chi connectivity index (χ1n) is 3.86. The third-order valence-corrected chi connectivity index (χ3v) is 1.40. The number of rotatable bonds is 3. The van der Waals surface area contributed by atoms with Gasteiger partial charge in [-0.1, -0.05) is 12.1 Å². The third kappa shape index (κ3) is 2.72. The monoisotopic (exact) mass is 163 g/mol. The fourth-order valence-corrected chi connectivity index (χ4v) is 0.859. The van der Waals surface area contributed by atoms with Gasteiger partial charge >= 0.3 is 0 Å². The van der Waals surface area contributed by atoms with Crippen LogP contribution in [0.4, 0.5) is 5.82 Å². The summed E-state index contributed by atoms with van der Waals surface area (Å²) < 4.78 is 0.